The smallest absolute Gasteiger partial charge is 0.203 e. The standard InChI is InChI=1S/C15H25NO3/c1-6-7-8-12(16-2)11-9-10-13(17-3)15(19-5)14(11)18-4/h9-10,12,16H,6-8H2,1-5H3. The van der Waals surface area contributed by atoms with E-state index in [1.807, 2.05) is 19.2 Å². The van der Waals surface area contributed by atoms with Crippen LogP contribution in [0.2, 0.25) is 0 Å². The Kier molecular flexibility index (Phi) is 6.50. The normalized spacial score (nSPS) is 12.1. The molecule has 4 heteroatoms. The van der Waals surface area contributed by atoms with Gasteiger partial charge in [-0.2, -0.15) is 0 Å². The molecule has 0 heterocycles. The van der Waals surface area contributed by atoms with Crippen LogP contribution in [0.1, 0.15) is 37.8 Å². The maximum Gasteiger partial charge on any atom is 0.203 e. The lowest BCUT2D eigenvalue weighted by Crippen LogP contribution is -2.17. The van der Waals surface area contributed by atoms with E-state index in [0.29, 0.717) is 11.5 Å². The molecule has 0 aliphatic rings. The zero-order chi connectivity index (χ0) is 14.3. The van der Waals surface area contributed by atoms with Crippen LogP contribution in [0.5, 0.6) is 17.2 Å². The average molecular weight is 267 g/mol. The van der Waals surface area contributed by atoms with Crippen molar-refractivity contribution in [1.82, 2.24) is 5.32 Å². The number of methoxy groups -OCH3 is 3. The van der Waals surface area contributed by atoms with Crippen molar-refractivity contribution < 1.29 is 14.2 Å². The molecule has 108 valence electrons. The largest absolute Gasteiger partial charge is 0.493 e. The molecule has 0 fully saturated rings. The van der Waals surface area contributed by atoms with Crippen molar-refractivity contribution in [3.63, 3.8) is 0 Å². The number of benzene rings is 1. The fraction of sp³-hybridized carbons (Fsp3) is 0.600. The maximum absolute atomic E-state index is 5.53. The Labute approximate surface area is 116 Å². The van der Waals surface area contributed by atoms with Crippen LogP contribution in [0.4, 0.5) is 0 Å². The van der Waals surface area contributed by atoms with Gasteiger partial charge in [-0.05, 0) is 25.6 Å². The molecule has 0 bridgehead atoms. The summed E-state index contributed by atoms with van der Waals surface area (Å²) in [5.74, 6) is 2.09. The van der Waals surface area contributed by atoms with Gasteiger partial charge in [0.15, 0.2) is 11.5 Å². The van der Waals surface area contributed by atoms with E-state index >= 15 is 0 Å². The number of unbranched alkanes of at least 4 members (excludes halogenated alkanes) is 1. The molecule has 1 atom stereocenters. The third-order valence-electron chi connectivity index (χ3n) is 3.30. The Hall–Kier alpha value is -1.42. The maximum atomic E-state index is 5.53. The lowest BCUT2D eigenvalue weighted by molar-refractivity contribution is 0.318. The molecule has 1 aromatic carbocycles. The van der Waals surface area contributed by atoms with Crippen molar-refractivity contribution in [1.29, 1.82) is 0 Å². The van der Waals surface area contributed by atoms with E-state index < -0.39 is 0 Å². The number of nitrogens with one attached hydrogen (secondary N) is 1. The summed E-state index contributed by atoms with van der Waals surface area (Å²) in [6.07, 6.45) is 3.41. The highest BCUT2D eigenvalue weighted by Crippen LogP contribution is 2.42. The van der Waals surface area contributed by atoms with E-state index in [2.05, 4.69) is 12.2 Å². The molecular formula is C15H25NO3. The molecular weight excluding hydrogens is 242 g/mol. The highest BCUT2D eigenvalue weighted by atomic mass is 16.5. The van der Waals surface area contributed by atoms with Crippen LogP contribution in [0.3, 0.4) is 0 Å². The predicted octanol–water partition coefficient (Wildman–Crippen LogP) is 3.16. The first-order valence-corrected chi connectivity index (χ1v) is 6.69. The van der Waals surface area contributed by atoms with Crippen LogP contribution in [-0.2, 0) is 0 Å². The summed E-state index contributed by atoms with van der Waals surface area (Å²) in [4.78, 5) is 0. The van der Waals surface area contributed by atoms with E-state index in [-0.39, 0.29) is 6.04 Å². The molecule has 0 amide bonds. The topological polar surface area (TPSA) is 39.7 Å². The van der Waals surface area contributed by atoms with Gasteiger partial charge < -0.3 is 19.5 Å². The minimum Gasteiger partial charge on any atom is -0.493 e. The third kappa shape index (κ3) is 3.53. The molecule has 0 spiro atoms. The van der Waals surface area contributed by atoms with Crippen molar-refractivity contribution in [2.75, 3.05) is 28.4 Å². The summed E-state index contributed by atoms with van der Waals surface area (Å²) >= 11 is 0. The Balaban J connectivity index is 3.18. The van der Waals surface area contributed by atoms with Crippen LogP contribution in [0, 0.1) is 0 Å². The molecule has 1 aromatic rings. The zero-order valence-corrected chi connectivity index (χ0v) is 12.6. The SMILES string of the molecule is CCCCC(NC)c1ccc(OC)c(OC)c1OC. The summed E-state index contributed by atoms with van der Waals surface area (Å²) in [5, 5.41) is 3.34. The van der Waals surface area contributed by atoms with Crippen LogP contribution >= 0.6 is 0 Å². The first-order valence-electron chi connectivity index (χ1n) is 6.69. The summed E-state index contributed by atoms with van der Waals surface area (Å²) in [6, 6.07) is 4.22. The van der Waals surface area contributed by atoms with Crippen LogP contribution < -0.4 is 19.5 Å². The second-order valence-electron chi connectivity index (χ2n) is 4.41. The Bertz CT molecular complexity index is 393. The van der Waals surface area contributed by atoms with E-state index in [9.17, 15) is 0 Å². The first kappa shape index (κ1) is 15.6. The van der Waals surface area contributed by atoms with E-state index in [1.54, 1.807) is 21.3 Å². The van der Waals surface area contributed by atoms with Crippen molar-refractivity contribution in [3.05, 3.63) is 17.7 Å². The molecule has 1 N–H and O–H groups in total. The van der Waals surface area contributed by atoms with Crippen LogP contribution in [-0.4, -0.2) is 28.4 Å². The van der Waals surface area contributed by atoms with Gasteiger partial charge in [0.1, 0.15) is 0 Å². The number of ether oxygens (including phenoxy) is 3. The monoisotopic (exact) mass is 267 g/mol. The highest BCUT2D eigenvalue weighted by Gasteiger charge is 2.20. The van der Waals surface area contributed by atoms with Crippen LogP contribution in [0.15, 0.2) is 12.1 Å². The van der Waals surface area contributed by atoms with E-state index in [0.717, 1.165) is 17.7 Å². The Morgan fingerprint density at radius 3 is 2.21 bits per heavy atom. The summed E-state index contributed by atoms with van der Waals surface area (Å²) in [5.41, 5.74) is 1.11. The molecule has 19 heavy (non-hydrogen) atoms. The second-order valence-corrected chi connectivity index (χ2v) is 4.41. The molecule has 0 aliphatic heterocycles. The van der Waals surface area contributed by atoms with Gasteiger partial charge in [0.2, 0.25) is 5.75 Å². The first-order chi connectivity index (χ1) is 9.23. The van der Waals surface area contributed by atoms with Gasteiger partial charge in [0, 0.05) is 11.6 Å². The van der Waals surface area contributed by atoms with Gasteiger partial charge in [-0.25, -0.2) is 0 Å². The van der Waals surface area contributed by atoms with Crippen molar-refractivity contribution in [3.8, 4) is 17.2 Å². The quantitative estimate of drug-likeness (QED) is 0.785. The van der Waals surface area contributed by atoms with Gasteiger partial charge in [-0.3, -0.25) is 0 Å². The summed E-state index contributed by atoms with van der Waals surface area (Å²) in [6.45, 7) is 2.19. The number of rotatable bonds is 8. The van der Waals surface area contributed by atoms with Crippen molar-refractivity contribution in [2.24, 2.45) is 0 Å². The van der Waals surface area contributed by atoms with Gasteiger partial charge in [0.05, 0.1) is 21.3 Å². The molecule has 0 saturated carbocycles. The molecule has 1 unspecified atom stereocenters. The van der Waals surface area contributed by atoms with E-state index in [4.69, 9.17) is 14.2 Å². The predicted molar refractivity (Wildman–Crippen MR) is 77.4 cm³/mol. The van der Waals surface area contributed by atoms with Crippen LogP contribution in [0.25, 0.3) is 0 Å². The van der Waals surface area contributed by atoms with Gasteiger partial charge in [-0.15, -0.1) is 0 Å². The number of hydrogen-bond acceptors (Lipinski definition) is 4. The second kappa shape index (κ2) is 7.89. The van der Waals surface area contributed by atoms with Gasteiger partial charge in [0.25, 0.3) is 0 Å². The number of hydrogen-bond donors (Lipinski definition) is 1. The van der Waals surface area contributed by atoms with Gasteiger partial charge >= 0.3 is 0 Å². The lowest BCUT2D eigenvalue weighted by atomic mass is 9.99. The molecule has 0 radical (unpaired) electrons. The minimum atomic E-state index is 0.259. The zero-order valence-electron chi connectivity index (χ0n) is 12.6. The molecule has 0 saturated heterocycles. The third-order valence-corrected chi connectivity index (χ3v) is 3.30. The van der Waals surface area contributed by atoms with Gasteiger partial charge in [-0.1, -0.05) is 19.8 Å². The summed E-state index contributed by atoms with van der Waals surface area (Å²) in [7, 11) is 6.89. The Morgan fingerprint density at radius 2 is 1.74 bits per heavy atom. The molecule has 1 rings (SSSR count). The van der Waals surface area contributed by atoms with E-state index in [1.165, 1.54) is 12.8 Å². The van der Waals surface area contributed by atoms with Crippen molar-refractivity contribution in [2.45, 2.75) is 32.2 Å². The highest BCUT2D eigenvalue weighted by molar-refractivity contribution is 5.56. The fourth-order valence-corrected chi connectivity index (χ4v) is 2.26. The molecule has 0 aromatic heterocycles. The minimum absolute atomic E-state index is 0.259. The molecule has 4 nitrogen and oxygen atoms in total. The fourth-order valence-electron chi connectivity index (χ4n) is 2.26. The average Bonchev–Trinajstić information content (AvgIpc) is 2.46. The lowest BCUT2D eigenvalue weighted by Gasteiger charge is -2.22. The van der Waals surface area contributed by atoms with Crippen molar-refractivity contribution >= 4 is 0 Å². The summed E-state index contributed by atoms with van der Waals surface area (Å²) < 4.78 is 16.3. The Morgan fingerprint density at radius 1 is 1.05 bits per heavy atom. The molecule has 0 aliphatic carbocycles.